The molecule has 1 heterocycles. The molecule has 2 atom stereocenters. The van der Waals surface area contributed by atoms with Crippen LogP contribution >= 0.6 is 0 Å². The Morgan fingerprint density at radius 1 is 1.33 bits per heavy atom. The molecule has 6 heteroatoms. The van der Waals surface area contributed by atoms with Gasteiger partial charge in [0.1, 0.15) is 0 Å². The molecule has 2 unspecified atom stereocenters. The van der Waals surface area contributed by atoms with Crippen LogP contribution in [0.5, 0.6) is 0 Å². The summed E-state index contributed by atoms with van der Waals surface area (Å²) >= 11 is 0. The molecule has 18 heavy (non-hydrogen) atoms. The van der Waals surface area contributed by atoms with E-state index in [1.54, 1.807) is 0 Å². The summed E-state index contributed by atoms with van der Waals surface area (Å²) in [7, 11) is 0. The lowest BCUT2D eigenvalue weighted by atomic mass is 9.98. The Bertz CT molecular complexity index is 317. The van der Waals surface area contributed by atoms with Crippen LogP contribution < -0.4 is 10.6 Å². The average Bonchev–Trinajstić information content (AvgIpc) is 3.13. The minimum atomic E-state index is -0.790. The predicted octanol–water partition coefficient (Wildman–Crippen LogP) is -0.266. The maximum atomic E-state index is 11.4. The van der Waals surface area contributed by atoms with Crippen molar-refractivity contribution in [1.29, 1.82) is 0 Å². The van der Waals surface area contributed by atoms with E-state index in [1.807, 2.05) is 0 Å². The summed E-state index contributed by atoms with van der Waals surface area (Å²) in [6.45, 7) is 1.52. The molecule has 1 saturated carbocycles. The SMILES string of the molecule is O=C(CCOC1CNCC(C(=O)O)C1)NC1CC1. The number of carbonyl (C=O) groups excluding carboxylic acids is 1. The van der Waals surface area contributed by atoms with E-state index in [2.05, 4.69) is 10.6 Å². The zero-order valence-electron chi connectivity index (χ0n) is 10.4. The van der Waals surface area contributed by atoms with Gasteiger partial charge in [0.05, 0.1) is 18.6 Å². The van der Waals surface area contributed by atoms with Gasteiger partial charge in [-0.3, -0.25) is 9.59 Å². The van der Waals surface area contributed by atoms with Gasteiger partial charge in [0.2, 0.25) is 5.91 Å². The standard InChI is InChI=1S/C12H20N2O4/c15-11(14-9-1-2-9)3-4-18-10-5-8(12(16)17)6-13-7-10/h8-10,13H,1-7H2,(H,14,15)(H,16,17). The van der Waals surface area contributed by atoms with Crippen molar-refractivity contribution in [3.05, 3.63) is 0 Å². The summed E-state index contributed by atoms with van der Waals surface area (Å²) in [5, 5.41) is 14.8. The highest BCUT2D eigenvalue weighted by Crippen LogP contribution is 2.18. The number of nitrogens with one attached hydrogen (secondary N) is 2. The summed E-state index contributed by atoms with van der Waals surface area (Å²) in [6, 6.07) is 0.380. The molecule has 102 valence electrons. The van der Waals surface area contributed by atoms with Crippen molar-refractivity contribution in [1.82, 2.24) is 10.6 Å². The number of carboxylic acids is 1. The third-order valence-electron chi connectivity index (χ3n) is 3.28. The molecule has 0 spiro atoms. The van der Waals surface area contributed by atoms with Crippen LogP contribution in [0.25, 0.3) is 0 Å². The minimum Gasteiger partial charge on any atom is -0.481 e. The summed E-state index contributed by atoms with van der Waals surface area (Å²) in [6.07, 6.45) is 2.93. The van der Waals surface area contributed by atoms with Crippen molar-refractivity contribution in [2.24, 2.45) is 5.92 Å². The van der Waals surface area contributed by atoms with Crippen molar-refractivity contribution in [3.8, 4) is 0 Å². The Morgan fingerprint density at radius 3 is 2.78 bits per heavy atom. The van der Waals surface area contributed by atoms with E-state index < -0.39 is 5.97 Å². The molecule has 0 aromatic rings. The number of hydrogen-bond donors (Lipinski definition) is 3. The molecule has 1 aliphatic carbocycles. The van der Waals surface area contributed by atoms with Crippen LogP contribution in [0.15, 0.2) is 0 Å². The largest absolute Gasteiger partial charge is 0.481 e. The molecular weight excluding hydrogens is 236 g/mol. The Labute approximate surface area is 106 Å². The molecular formula is C12H20N2O4. The number of ether oxygens (including phenoxy) is 1. The first-order valence-corrected chi connectivity index (χ1v) is 6.49. The topological polar surface area (TPSA) is 87.7 Å². The van der Waals surface area contributed by atoms with Crippen LogP contribution in [0.4, 0.5) is 0 Å². The van der Waals surface area contributed by atoms with Crippen molar-refractivity contribution in [3.63, 3.8) is 0 Å². The van der Waals surface area contributed by atoms with Gasteiger partial charge in [-0.2, -0.15) is 0 Å². The zero-order chi connectivity index (χ0) is 13.0. The Balaban J connectivity index is 1.60. The van der Waals surface area contributed by atoms with Gasteiger partial charge in [0, 0.05) is 25.6 Å². The quantitative estimate of drug-likeness (QED) is 0.609. The van der Waals surface area contributed by atoms with Crippen LogP contribution in [0.3, 0.4) is 0 Å². The average molecular weight is 256 g/mol. The van der Waals surface area contributed by atoms with Crippen LogP contribution in [0.1, 0.15) is 25.7 Å². The molecule has 6 nitrogen and oxygen atoms in total. The van der Waals surface area contributed by atoms with Gasteiger partial charge >= 0.3 is 5.97 Å². The van der Waals surface area contributed by atoms with Crippen molar-refractivity contribution in [2.45, 2.75) is 37.8 Å². The molecule has 0 radical (unpaired) electrons. The Hall–Kier alpha value is -1.14. The van der Waals surface area contributed by atoms with Crippen molar-refractivity contribution < 1.29 is 19.4 Å². The Morgan fingerprint density at radius 2 is 2.11 bits per heavy atom. The van der Waals surface area contributed by atoms with E-state index in [0.717, 1.165) is 12.8 Å². The van der Waals surface area contributed by atoms with Gasteiger partial charge in [-0.15, -0.1) is 0 Å². The maximum Gasteiger partial charge on any atom is 0.307 e. The summed E-state index contributed by atoms with van der Waals surface area (Å²) in [5.74, 6) is -1.15. The second kappa shape index (κ2) is 6.15. The highest BCUT2D eigenvalue weighted by atomic mass is 16.5. The van der Waals surface area contributed by atoms with E-state index in [9.17, 15) is 9.59 Å². The first-order chi connectivity index (χ1) is 8.65. The number of amides is 1. The fourth-order valence-electron chi connectivity index (χ4n) is 2.06. The van der Waals surface area contributed by atoms with Crippen LogP contribution in [0, 0.1) is 5.92 Å². The highest BCUT2D eigenvalue weighted by molar-refractivity contribution is 5.76. The molecule has 0 aromatic heterocycles. The third kappa shape index (κ3) is 4.27. The lowest BCUT2D eigenvalue weighted by Gasteiger charge is -2.27. The van der Waals surface area contributed by atoms with Gasteiger partial charge < -0.3 is 20.5 Å². The van der Waals surface area contributed by atoms with Crippen LogP contribution in [-0.2, 0) is 14.3 Å². The maximum absolute atomic E-state index is 11.4. The fraction of sp³-hybridized carbons (Fsp3) is 0.833. The van der Waals surface area contributed by atoms with E-state index >= 15 is 0 Å². The van der Waals surface area contributed by atoms with Crippen LogP contribution in [-0.4, -0.2) is 48.8 Å². The van der Waals surface area contributed by atoms with Gasteiger partial charge in [0.15, 0.2) is 0 Å². The number of carboxylic acid groups (broad SMARTS) is 1. The van der Waals surface area contributed by atoms with Crippen molar-refractivity contribution >= 4 is 11.9 Å². The molecule has 1 saturated heterocycles. The fourth-order valence-corrected chi connectivity index (χ4v) is 2.06. The number of rotatable bonds is 6. The number of hydrogen-bond acceptors (Lipinski definition) is 4. The molecule has 2 aliphatic rings. The second-order valence-electron chi connectivity index (χ2n) is 5.01. The monoisotopic (exact) mass is 256 g/mol. The third-order valence-corrected chi connectivity index (χ3v) is 3.28. The highest BCUT2D eigenvalue weighted by Gasteiger charge is 2.27. The van der Waals surface area contributed by atoms with Gasteiger partial charge in [-0.1, -0.05) is 0 Å². The molecule has 3 N–H and O–H groups in total. The molecule has 0 aromatic carbocycles. The van der Waals surface area contributed by atoms with E-state index in [1.165, 1.54) is 0 Å². The summed E-state index contributed by atoms with van der Waals surface area (Å²) in [4.78, 5) is 22.3. The van der Waals surface area contributed by atoms with Crippen molar-refractivity contribution in [2.75, 3.05) is 19.7 Å². The zero-order valence-corrected chi connectivity index (χ0v) is 10.4. The molecule has 1 aliphatic heterocycles. The first-order valence-electron chi connectivity index (χ1n) is 6.49. The number of piperidine rings is 1. The summed E-state index contributed by atoms with van der Waals surface area (Å²) in [5.41, 5.74) is 0. The first kappa shape index (κ1) is 13.3. The Kier molecular flexibility index (Phi) is 4.54. The number of carbonyl (C=O) groups is 2. The van der Waals surface area contributed by atoms with Gasteiger partial charge in [0.25, 0.3) is 0 Å². The molecule has 0 bridgehead atoms. The van der Waals surface area contributed by atoms with Crippen LogP contribution in [0.2, 0.25) is 0 Å². The lowest BCUT2D eigenvalue weighted by Crippen LogP contribution is -2.43. The minimum absolute atomic E-state index is 0.0241. The van der Waals surface area contributed by atoms with E-state index in [4.69, 9.17) is 9.84 Å². The van der Waals surface area contributed by atoms with Gasteiger partial charge in [-0.25, -0.2) is 0 Å². The summed E-state index contributed by atoms with van der Waals surface area (Å²) < 4.78 is 5.55. The van der Waals surface area contributed by atoms with Gasteiger partial charge in [-0.05, 0) is 19.3 Å². The second-order valence-corrected chi connectivity index (χ2v) is 5.01. The lowest BCUT2D eigenvalue weighted by molar-refractivity contribution is -0.144. The predicted molar refractivity (Wildman–Crippen MR) is 64.1 cm³/mol. The molecule has 2 rings (SSSR count). The van der Waals surface area contributed by atoms with E-state index in [-0.39, 0.29) is 17.9 Å². The normalized spacial score (nSPS) is 27.8. The van der Waals surface area contributed by atoms with E-state index in [0.29, 0.717) is 38.6 Å². The smallest absolute Gasteiger partial charge is 0.307 e. The molecule has 2 fully saturated rings. The number of aliphatic carboxylic acids is 1. The molecule has 1 amide bonds.